The van der Waals surface area contributed by atoms with Gasteiger partial charge in [-0.25, -0.2) is 0 Å². The summed E-state index contributed by atoms with van der Waals surface area (Å²) in [5.74, 6) is 0. The molecule has 1 aromatic heterocycles. The monoisotopic (exact) mass is 273 g/mol. The number of aliphatic hydroxyl groups is 1. The van der Waals surface area contributed by atoms with Gasteiger partial charge in [-0.3, -0.25) is 0 Å². The number of aromatic nitrogens is 1. The maximum absolute atomic E-state index is 9.58. The zero-order chi connectivity index (χ0) is 14.2. The van der Waals surface area contributed by atoms with E-state index in [1.54, 1.807) is 0 Å². The van der Waals surface area contributed by atoms with E-state index in [2.05, 4.69) is 47.4 Å². The van der Waals surface area contributed by atoms with Gasteiger partial charge in [-0.1, -0.05) is 60.7 Å². The molecule has 2 heteroatoms. The van der Waals surface area contributed by atoms with Crippen LogP contribution in [0.1, 0.15) is 5.56 Å². The molecule has 4 rings (SSSR count). The van der Waals surface area contributed by atoms with Gasteiger partial charge in [0, 0.05) is 21.9 Å². The van der Waals surface area contributed by atoms with E-state index >= 15 is 0 Å². The largest absolute Gasteiger partial charge is 0.392 e. The third-order valence-electron chi connectivity index (χ3n) is 4.02. The Hall–Kier alpha value is -2.58. The number of rotatable bonds is 2. The van der Waals surface area contributed by atoms with Crippen molar-refractivity contribution in [2.24, 2.45) is 0 Å². The van der Waals surface area contributed by atoms with Crippen molar-refractivity contribution in [3.8, 4) is 11.1 Å². The highest BCUT2D eigenvalue weighted by Gasteiger charge is 2.11. The van der Waals surface area contributed by atoms with Gasteiger partial charge < -0.3 is 10.1 Å². The topological polar surface area (TPSA) is 36.0 Å². The SMILES string of the molecule is OCc1ccccc1-c1cccc2c1[nH]c1ccccc12. The van der Waals surface area contributed by atoms with Crippen LogP contribution >= 0.6 is 0 Å². The number of aromatic amines is 1. The Morgan fingerprint density at radius 1 is 0.714 bits per heavy atom. The second kappa shape index (κ2) is 4.76. The zero-order valence-electron chi connectivity index (χ0n) is 11.5. The lowest BCUT2D eigenvalue weighted by atomic mass is 9.98. The van der Waals surface area contributed by atoms with Crippen LogP contribution in [0.4, 0.5) is 0 Å². The lowest BCUT2D eigenvalue weighted by Gasteiger charge is -2.08. The van der Waals surface area contributed by atoms with E-state index in [4.69, 9.17) is 0 Å². The van der Waals surface area contributed by atoms with Crippen LogP contribution in [0.5, 0.6) is 0 Å². The molecule has 0 aliphatic carbocycles. The normalized spacial score (nSPS) is 11.3. The fraction of sp³-hybridized carbons (Fsp3) is 0.0526. The van der Waals surface area contributed by atoms with Gasteiger partial charge in [-0.2, -0.15) is 0 Å². The molecule has 0 fully saturated rings. The number of aliphatic hydroxyl groups excluding tert-OH is 1. The standard InChI is InChI=1S/C19H15NO/c21-12-13-6-1-2-7-14(13)16-9-5-10-17-15-8-3-4-11-18(15)20-19(16)17/h1-11,20-21H,12H2. The molecule has 4 aromatic rings. The van der Waals surface area contributed by atoms with Crippen LogP contribution in [0.15, 0.2) is 66.7 Å². The first-order chi connectivity index (χ1) is 10.4. The molecule has 0 amide bonds. The molecule has 0 radical (unpaired) electrons. The number of benzene rings is 3. The van der Waals surface area contributed by atoms with E-state index in [1.807, 2.05) is 24.3 Å². The number of hydrogen-bond donors (Lipinski definition) is 2. The molecule has 21 heavy (non-hydrogen) atoms. The van der Waals surface area contributed by atoms with Crippen LogP contribution in [0.25, 0.3) is 32.9 Å². The Kier molecular flexibility index (Phi) is 2.76. The minimum absolute atomic E-state index is 0.0484. The summed E-state index contributed by atoms with van der Waals surface area (Å²) in [7, 11) is 0. The first kappa shape index (κ1) is 12.2. The smallest absolute Gasteiger partial charge is 0.0687 e. The molecule has 0 saturated heterocycles. The number of hydrogen-bond acceptors (Lipinski definition) is 1. The van der Waals surface area contributed by atoms with Gasteiger partial charge in [-0.15, -0.1) is 0 Å². The van der Waals surface area contributed by atoms with Crippen molar-refractivity contribution in [2.45, 2.75) is 6.61 Å². The maximum atomic E-state index is 9.58. The summed E-state index contributed by atoms with van der Waals surface area (Å²) >= 11 is 0. The number of H-pyrrole nitrogens is 1. The van der Waals surface area contributed by atoms with Crippen LogP contribution in [-0.2, 0) is 6.61 Å². The minimum Gasteiger partial charge on any atom is -0.392 e. The molecule has 2 nitrogen and oxygen atoms in total. The second-order valence-electron chi connectivity index (χ2n) is 5.21. The van der Waals surface area contributed by atoms with Crippen LogP contribution in [-0.4, -0.2) is 10.1 Å². The fourth-order valence-corrected chi connectivity index (χ4v) is 3.02. The molecule has 0 spiro atoms. The van der Waals surface area contributed by atoms with Gasteiger partial charge in [-0.05, 0) is 17.2 Å². The van der Waals surface area contributed by atoms with Crippen molar-refractivity contribution in [1.82, 2.24) is 4.98 Å². The molecule has 2 N–H and O–H groups in total. The predicted octanol–water partition coefficient (Wildman–Crippen LogP) is 4.48. The van der Waals surface area contributed by atoms with E-state index in [1.165, 1.54) is 10.8 Å². The third kappa shape index (κ3) is 1.84. The van der Waals surface area contributed by atoms with Gasteiger partial charge in [0.15, 0.2) is 0 Å². The minimum atomic E-state index is 0.0484. The Balaban J connectivity index is 2.10. The van der Waals surface area contributed by atoms with Gasteiger partial charge in [0.25, 0.3) is 0 Å². The molecule has 0 bridgehead atoms. The van der Waals surface area contributed by atoms with Gasteiger partial charge in [0.2, 0.25) is 0 Å². The van der Waals surface area contributed by atoms with Crippen LogP contribution in [0, 0.1) is 0 Å². The lowest BCUT2D eigenvalue weighted by molar-refractivity contribution is 0.282. The lowest BCUT2D eigenvalue weighted by Crippen LogP contribution is -1.89. The molecule has 102 valence electrons. The highest BCUT2D eigenvalue weighted by atomic mass is 16.3. The van der Waals surface area contributed by atoms with Crippen molar-refractivity contribution >= 4 is 21.8 Å². The first-order valence-electron chi connectivity index (χ1n) is 7.07. The Bertz CT molecular complexity index is 937. The van der Waals surface area contributed by atoms with Crippen molar-refractivity contribution in [1.29, 1.82) is 0 Å². The molecular formula is C19H15NO. The predicted molar refractivity (Wildman–Crippen MR) is 87.2 cm³/mol. The molecule has 0 atom stereocenters. The molecule has 3 aromatic carbocycles. The maximum Gasteiger partial charge on any atom is 0.0687 e. The van der Waals surface area contributed by atoms with Gasteiger partial charge >= 0.3 is 0 Å². The van der Waals surface area contributed by atoms with Crippen LogP contribution < -0.4 is 0 Å². The van der Waals surface area contributed by atoms with Gasteiger partial charge in [0.1, 0.15) is 0 Å². The first-order valence-corrected chi connectivity index (χ1v) is 7.07. The van der Waals surface area contributed by atoms with Crippen molar-refractivity contribution in [3.05, 3.63) is 72.3 Å². The summed E-state index contributed by atoms with van der Waals surface area (Å²) in [5.41, 5.74) is 5.43. The Morgan fingerprint density at radius 3 is 2.33 bits per heavy atom. The fourth-order valence-electron chi connectivity index (χ4n) is 3.02. The van der Waals surface area contributed by atoms with E-state index in [0.717, 1.165) is 27.7 Å². The van der Waals surface area contributed by atoms with E-state index in [-0.39, 0.29) is 6.61 Å². The van der Waals surface area contributed by atoms with Crippen LogP contribution in [0.2, 0.25) is 0 Å². The number of para-hydroxylation sites is 2. The van der Waals surface area contributed by atoms with Crippen molar-refractivity contribution in [2.75, 3.05) is 0 Å². The molecule has 0 aliphatic heterocycles. The molecule has 1 heterocycles. The molecule has 0 unspecified atom stereocenters. The molecule has 0 saturated carbocycles. The Morgan fingerprint density at radius 2 is 1.43 bits per heavy atom. The summed E-state index contributed by atoms with van der Waals surface area (Å²) in [5, 5.41) is 12.0. The highest BCUT2D eigenvalue weighted by Crippen LogP contribution is 2.34. The summed E-state index contributed by atoms with van der Waals surface area (Å²) in [6.07, 6.45) is 0. The van der Waals surface area contributed by atoms with E-state index < -0.39 is 0 Å². The molecule has 0 aliphatic rings. The average molecular weight is 273 g/mol. The summed E-state index contributed by atoms with van der Waals surface area (Å²) in [4.78, 5) is 3.51. The summed E-state index contributed by atoms with van der Waals surface area (Å²) in [6, 6.07) is 22.6. The van der Waals surface area contributed by atoms with Gasteiger partial charge in [0.05, 0.1) is 12.1 Å². The van der Waals surface area contributed by atoms with E-state index in [9.17, 15) is 5.11 Å². The quantitative estimate of drug-likeness (QED) is 0.555. The summed E-state index contributed by atoms with van der Waals surface area (Å²) < 4.78 is 0. The molecular weight excluding hydrogens is 258 g/mol. The van der Waals surface area contributed by atoms with Crippen LogP contribution in [0.3, 0.4) is 0 Å². The van der Waals surface area contributed by atoms with Crippen molar-refractivity contribution < 1.29 is 5.11 Å². The zero-order valence-corrected chi connectivity index (χ0v) is 11.5. The third-order valence-corrected chi connectivity index (χ3v) is 4.02. The number of fused-ring (bicyclic) bond motifs is 3. The van der Waals surface area contributed by atoms with Crippen molar-refractivity contribution in [3.63, 3.8) is 0 Å². The average Bonchev–Trinajstić information content (AvgIpc) is 2.93. The summed E-state index contributed by atoms with van der Waals surface area (Å²) in [6.45, 7) is 0.0484. The van der Waals surface area contributed by atoms with E-state index in [0.29, 0.717) is 0 Å². The highest BCUT2D eigenvalue weighted by molar-refractivity contribution is 6.11. The number of nitrogens with one attached hydrogen (secondary N) is 1. The Labute approximate surface area is 122 Å². The second-order valence-corrected chi connectivity index (χ2v) is 5.21.